The number of carbonyl (C=O) groups is 1. The van der Waals surface area contributed by atoms with Crippen molar-refractivity contribution in [3.05, 3.63) is 22.2 Å². The molecule has 2 aliphatic heterocycles. The Bertz CT molecular complexity index is 733. The molecular weight excluding hydrogens is 369 g/mol. The summed E-state index contributed by atoms with van der Waals surface area (Å²) >= 11 is 0. The Morgan fingerprint density at radius 3 is 2.67 bits per heavy atom. The second-order valence-electron chi connectivity index (χ2n) is 6.68. The number of likely N-dealkylation sites (tertiary alicyclic amines) is 1. The van der Waals surface area contributed by atoms with E-state index in [2.05, 4.69) is 10.6 Å². The highest BCUT2D eigenvalue weighted by Crippen LogP contribution is 2.38. The molecule has 2 aliphatic rings. The summed E-state index contributed by atoms with van der Waals surface area (Å²) in [7, 11) is 0. The van der Waals surface area contributed by atoms with Crippen molar-refractivity contribution in [2.45, 2.75) is 19.0 Å². The topological polar surface area (TPSA) is 96.7 Å². The molecule has 0 saturated carbocycles. The van der Waals surface area contributed by atoms with Gasteiger partial charge in [-0.1, -0.05) is 0 Å². The van der Waals surface area contributed by atoms with E-state index >= 15 is 0 Å². The fourth-order valence-electron chi connectivity index (χ4n) is 3.26. The highest BCUT2D eigenvalue weighted by Gasteiger charge is 2.32. The number of benzene rings is 1. The molecule has 0 radical (unpaired) electrons. The summed E-state index contributed by atoms with van der Waals surface area (Å²) in [4.78, 5) is 23.5. The van der Waals surface area contributed by atoms with Crippen LogP contribution in [-0.2, 0) is 4.79 Å². The first-order chi connectivity index (χ1) is 12.7. The zero-order valence-corrected chi connectivity index (χ0v) is 14.3. The minimum Gasteiger partial charge on any atom is -0.481 e. The van der Waals surface area contributed by atoms with Crippen LogP contribution in [0, 0.1) is 16.0 Å². The molecule has 2 heterocycles. The van der Waals surface area contributed by atoms with Crippen LogP contribution in [0.25, 0.3) is 0 Å². The lowest BCUT2D eigenvalue weighted by Crippen LogP contribution is -2.41. The van der Waals surface area contributed by atoms with Crippen molar-refractivity contribution in [3.8, 4) is 5.75 Å². The quantitative estimate of drug-likeness (QED) is 0.595. The van der Waals surface area contributed by atoms with Gasteiger partial charge in [-0.05, 0) is 37.9 Å². The molecule has 0 spiro atoms. The van der Waals surface area contributed by atoms with Crippen LogP contribution in [0.1, 0.15) is 12.8 Å². The van der Waals surface area contributed by atoms with Gasteiger partial charge in [-0.25, -0.2) is 0 Å². The Hall–Kier alpha value is -2.56. The average molecular weight is 388 g/mol. The summed E-state index contributed by atoms with van der Waals surface area (Å²) in [6.07, 6.45) is -3.06. The Labute approximate surface area is 152 Å². The van der Waals surface area contributed by atoms with E-state index in [1.54, 1.807) is 0 Å². The van der Waals surface area contributed by atoms with Gasteiger partial charge in [0.1, 0.15) is 5.69 Å². The predicted molar refractivity (Wildman–Crippen MR) is 90.9 cm³/mol. The van der Waals surface area contributed by atoms with Crippen LogP contribution in [0.15, 0.2) is 12.1 Å². The van der Waals surface area contributed by atoms with Crippen LogP contribution < -0.4 is 15.4 Å². The number of nitro benzene ring substituents is 1. The maximum atomic E-state index is 12.4. The van der Waals surface area contributed by atoms with Crippen LogP contribution in [-0.4, -0.2) is 54.7 Å². The normalized spacial score (nSPS) is 18.4. The minimum absolute atomic E-state index is 0.107. The highest BCUT2D eigenvalue weighted by molar-refractivity contribution is 5.96. The molecule has 27 heavy (non-hydrogen) atoms. The molecule has 8 nitrogen and oxygen atoms in total. The number of hydrogen-bond acceptors (Lipinski definition) is 6. The van der Waals surface area contributed by atoms with Crippen molar-refractivity contribution in [2.24, 2.45) is 5.92 Å². The van der Waals surface area contributed by atoms with Gasteiger partial charge in [0.25, 0.3) is 11.6 Å². The van der Waals surface area contributed by atoms with Gasteiger partial charge in [0.15, 0.2) is 12.4 Å². The van der Waals surface area contributed by atoms with E-state index < -0.39 is 17.6 Å². The molecular formula is C16H19F3N4O4. The third kappa shape index (κ3) is 5.00. The fraction of sp³-hybridized carbons (Fsp3) is 0.562. The van der Waals surface area contributed by atoms with Crippen molar-refractivity contribution in [1.82, 2.24) is 4.90 Å². The number of rotatable bonds is 5. The number of hydrogen-bond donors (Lipinski definition) is 2. The van der Waals surface area contributed by atoms with Crippen molar-refractivity contribution in [1.29, 1.82) is 0 Å². The molecule has 1 saturated heterocycles. The van der Waals surface area contributed by atoms with Crippen molar-refractivity contribution >= 4 is 23.0 Å². The number of ether oxygens (including phenoxy) is 1. The first kappa shape index (κ1) is 19.2. The number of nitro groups is 1. The smallest absolute Gasteiger partial charge is 0.401 e. The first-order valence-electron chi connectivity index (χ1n) is 8.49. The van der Waals surface area contributed by atoms with E-state index in [1.165, 1.54) is 17.0 Å². The fourth-order valence-corrected chi connectivity index (χ4v) is 3.26. The van der Waals surface area contributed by atoms with Gasteiger partial charge in [0.05, 0.1) is 23.2 Å². The van der Waals surface area contributed by atoms with Gasteiger partial charge in [-0.15, -0.1) is 0 Å². The standard InChI is InChI=1S/C16H19F3N4O4/c17-16(18,19)9-22-3-1-10(2-4-22)7-20-11-5-12-14(6-13(11)23(25)26)27-8-15(24)21-12/h5-6,10,20H,1-4,7-9H2,(H,21,24). The zero-order chi connectivity index (χ0) is 19.6. The van der Waals surface area contributed by atoms with Crippen molar-refractivity contribution in [2.75, 3.05) is 43.4 Å². The molecule has 1 aromatic rings. The number of amides is 1. The summed E-state index contributed by atoms with van der Waals surface area (Å²) in [5.41, 5.74) is 0.404. The third-order valence-corrected chi connectivity index (χ3v) is 4.62. The summed E-state index contributed by atoms with van der Waals surface area (Å²) in [5.74, 6) is -0.0115. The van der Waals surface area contributed by atoms with Gasteiger partial charge in [-0.3, -0.25) is 19.8 Å². The zero-order valence-electron chi connectivity index (χ0n) is 14.3. The molecule has 1 fully saturated rings. The Morgan fingerprint density at radius 2 is 2.04 bits per heavy atom. The largest absolute Gasteiger partial charge is 0.481 e. The van der Waals surface area contributed by atoms with E-state index in [4.69, 9.17) is 4.74 Å². The lowest BCUT2D eigenvalue weighted by atomic mass is 9.96. The molecule has 11 heteroatoms. The van der Waals surface area contributed by atoms with Crippen LogP contribution >= 0.6 is 0 Å². The maximum absolute atomic E-state index is 12.4. The molecule has 3 rings (SSSR count). The summed E-state index contributed by atoms with van der Waals surface area (Å²) in [5, 5.41) is 16.9. The van der Waals surface area contributed by atoms with Crippen LogP contribution in [0.4, 0.5) is 30.2 Å². The number of piperidine rings is 1. The van der Waals surface area contributed by atoms with Gasteiger partial charge in [-0.2, -0.15) is 13.2 Å². The molecule has 0 aromatic heterocycles. The number of carbonyl (C=O) groups excluding carboxylic acids is 1. The molecule has 0 aliphatic carbocycles. The minimum atomic E-state index is -4.21. The summed E-state index contributed by atoms with van der Waals surface area (Å²) in [6, 6.07) is 2.70. The second-order valence-corrected chi connectivity index (χ2v) is 6.68. The van der Waals surface area contributed by atoms with E-state index in [0.29, 0.717) is 38.2 Å². The molecule has 1 aromatic carbocycles. The van der Waals surface area contributed by atoms with Crippen LogP contribution in [0.3, 0.4) is 0 Å². The molecule has 0 atom stereocenters. The average Bonchev–Trinajstić information content (AvgIpc) is 2.58. The second kappa shape index (κ2) is 7.59. The monoisotopic (exact) mass is 388 g/mol. The number of nitrogens with zero attached hydrogens (tertiary/aromatic N) is 2. The molecule has 0 bridgehead atoms. The van der Waals surface area contributed by atoms with Gasteiger partial charge >= 0.3 is 6.18 Å². The predicted octanol–water partition coefficient (Wildman–Crippen LogP) is 2.61. The maximum Gasteiger partial charge on any atom is 0.401 e. The molecule has 2 N–H and O–H groups in total. The number of alkyl halides is 3. The third-order valence-electron chi connectivity index (χ3n) is 4.62. The number of halogens is 3. The van der Waals surface area contributed by atoms with E-state index in [1.807, 2.05) is 0 Å². The number of fused-ring (bicyclic) bond motifs is 1. The summed E-state index contributed by atoms with van der Waals surface area (Å²) in [6.45, 7) is -0.0467. The van der Waals surface area contributed by atoms with Crippen LogP contribution in [0.5, 0.6) is 5.75 Å². The van der Waals surface area contributed by atoms with E-state index in [9.17, 15) is 28.1 Å². The SMILES string of the molecule is O=C1COc2cc([N+](=O)[O-])c(NCC3CCN(CC(F)(F)F)CC3)cc2N1. The molecule has 0 unspecified atom stereocenters. The van der Waals surface area contributed by atoms with Gasteiger partial charge < -0.3 is 15.4 Å². The van der Waals surface area contributed by atoms with Gasteiger partial charge in [0, 0.05) is 6.54 Å². The van der Waals surface area contributed by atoms with Gasteiger partial charge in [0.2, 0.25) is 0 Å². The lowest BCUT2D eigenvalue weighted by Gasteiger charge is -2.32. The lowest BCUT2D eigenvalue weighted by molar-refractivity contribution is -0.384. The number of anilines is 2. The van der Waals surface area contributed by atoms with Crippen molar-refractivity contribution in [3.63, 3.8) is 0 Å². The van der Waals surface area contributed by atoms with Crippen molar-refractivity contribution < 1.29 is 27.6 Å². The van der Waals surface area contributed by atoms with E-state index in [-0.39, 0.29) is 35.6 Å². The molecule has 148 valence electrons. The molecule has 1 amide bonds. The Balaban J connectivity index is 1.62. The Morgan fingerprint density at radius 1 is 1.33 bits per heavy atom. The van der Waals surface area contributed by atoms with Crippen LogP contribution in [0.2, 0.25) is 0 Å². The summed E-state index contributed by atoms with van der Waals surface area (Å²) < 4.78 is 42.5. The Kier molecular flexibility index (Phi) is 5.40. The first-order valence-corrected chi connectivity index (χ1v) is 8.49. The van der Waals surface area contributed by atoms with E-state index in [0.717, 1.165) is 0 Å². The number of nitrogens with one attached hydrogen (secondary N) is 2. The highest BCUT2D eigenvalue weighted by atomic mass is 19.4.